The predicted octanol–water partition coefficient (Wildman–Crippen LogP) is 3.19. The van der Waals surface area contributed by atoms with Crippen LogP contribution in [0.2, 0.25) is 0 Å². The lowest BCUT2D eigenvalue weighted by Crippen LogP contribution is -1.90. The molecule has 0 spiro atoms. The molecule has 0 saturated carbocycles. The lowest BCUT2D eigenvalue weighted by molar-refractivity contribution is 0.358. The highest BCUT2D eigenvalue weighted by Gasteiger charge is 2.10. The predicted molar refractivity (Wildman–Crippen MR) is 61.2 cm³/mol. The topological polar surface area (TPSA) is 38.7 Å². The van der Waals surface area contributed by atoms with Crippen LogP contribution in [0.4, 0.5) is 0 Å². The summed E-state index contributed by atoms with van der Waals surface area (Å²) < 4.78 is 10.7. The minimum absolute atomic E-state index is 0.0585. The van der Waals surface area contributed by atoms with Crippen molar-refractivity contribution in [2.75, 3.05) is 7.11 Å². The van der Waals surface area contributed by atoms with E-state index in [-0.39, 0.29) is 5.75 Å². The lowest BCUT2D eigenvalue weighted by Gasteiger charge is -2.11. The summed E-state index contributed by atoms with van der Waals surface area (Å²) in [5, 5.41) is 9.68. The molecule has 0 aliphatic heterocycles. The molecule has 82 valence electrons. The molecule has 2 aromatic carbocycles. The Balaban J connectivity index is 2.34. The first-order chi connectivity index (χ1) is 7.81. The van der Waals surface area contributed by atoms with Gasteiger partial charge < -0.3 is 14.6 Å². The van der Waals surface area contributed by atoms with Gasteiger partial charge in [0.05, 0.1) is 7.11 Å². The second kappa shape index (κ2) is 4.57. The molecule has 3 nitrogen and oxygen atoms in total. The van der Waals surface area contributed by atoms with E-state index in [1.807, 2.05) is 30.3 Å². The van der Waals surface area contributed by atoms with Crippen LogP contribution in [0.1, 0.15) is 0 Å². The van der Waals surface area contributed by atoms with Gasteiger partial charge in [-0.15, -0.1) is 0 Å². The zero-order valence-electron chi connectivity index (χ0n) is 8.88. The van der Waals surface area contributed by atoms with Crippen molar-refractivity contribution in [1.82, 2.24) is 0 Å². The quantitative estimate of drug-likeness (QED) is 0.856. The van der Waals surface area contributed by atoms with Crippen molar-refractivity contribution in [3.8, 4) is 23.0 Å². The number of ether oxygens (including phenoxy) is 2. The molecule has 16 heavy (non-hydrogen) atoms. The van der Waals surface area contributed by atoms with Gasteiger partial charge in [0.25, 0.3) is 0 Å². The maximum atomic E-state index is 9.68. The maximum Gasteiger partial charge on any atom is 0.210 e. The first-order valence-electron chi connectivity index (χ1n) is 4.90. The fourth-order valence-corrected chi connectivity index (χ4v) is 1.37. The minimum atomic E-state index is 0.0585. The van der Waals surface area contributed by atoms with Gasteiger partial charge in [0.2, 0.25) is 5.75 Å². The SMILES string of the molecule is COc1cccc(O)c1Oc1ccccc1. The van der Waals surface area contributed by atoms with Crippen molar-refractivity contribution < 1.29 is 14.6 Å². The Morgan fingerprint density at radius 1 is 0.938 bits per heavy atom. The number of rotatable bonds is 3. The second-order valence-electron chi connectivity index (χ2n) is 3.22. The maximum absolute atomic E-state index is 9.68. The van der Waals surface area contributed by atoms with Gasteiger partial charge in [-0.05, 0) is 24.3 Å². The van der Waals surface area contributed by atoms with E-state index in [0.717, 1.165) is 0 Å². The van der Waals surface area contributed by atoms with Crippen molar-refractivity contribution in [2.24, 2.45) is 0 Å². The molecule has 0 amide bonds. The second-order valence-corrected chi connectivity index (χ2v) is 3.22. The van der Waals surface area contributed by atoms with Crippen molar-refractivity contribution in [3.63, 3.8) is 0 Å². The molecule has 0 aliphatic carbocycles. The Bertz CT molecular complexity index is 466. The smallest absolute Gasteiger partial charge is 0.210 e. The fraction of sp³-hybridized carbons (Fsp3) is 0.0769. The van der Waals surface area contributed by atoms with Gasteiger partial charge in [-0.1, -0.05) is 24.3 Å². The zero-order chi connectivity index (χ0) is 11.4. The van der Waals surface area contributed by atoms with Crippen molar-refractivity contribution in [3.05, 3.63) is 48.5 Å². The minimum Gasteiger partial charge on any atom is -0.504 e. The standard InChI is InChI=1S/C13H12O3/c1-15-12-9-5-8-11(14)13(12)16-10-6-3-2-4-7-10/h2-9,14H,1H3. The molecule has 0 bridgehead atoms. The number of phenols is 1. The highest BCUT2D eigenvalue weighted by molar-refractivity contribution is 5.52. The molecule has 0 saturated heterocycles. The average Bonchev–Trinajstić information content (AvgIpc) is 2.33. The molecule has 0 heterocycles. The average molecular weight is 216 g/mol. The monoisotopic (exact) mass is 216 g/mol. The number of hydrogen-bond acceptors (Lipinski definition) is 3. The van der Waals surface area contributed by atoms with Crippen LogP contribution in [0.25, 0.3) is 0 Å². The van der Waals surface area contributed by atoms with E-state index in [4.69, 9.17) is 9.47 Å². The van der Waals surface area contributed by atoms with E-state index in [1.54, 1.807) is 18.2 Å². The molecule has 0 atom stereocenters. The Labute approximate surface area is 93.9 Å². The molecule has 0 radical (unpaired) electrons. The first-order valence-corrected chi connectivity index (χ1v) is 4.90. The number of phenolic OH excluding ortho intramolecular Hbond substituents is 1. The fourth-order valence-electron chi connectivity index (χ4n) is 1.37. The third-order valence-electron chi connectivity index (χ3n) is 2.14. The molecule has 2 rings (SSSR count). The molecular formula is C13H12O3. The van der Waals surface area contributed by atoms with Crippen LogP contribution in [-0.4, -0.2) is 12.2 Å². The molecule has 0 fully saturated rings. The number of aromatic hydroxyl groups is 1. The Morgan fingerprint density at radius 3 is 2.38 bits per heavy atom. The molecule has 3 heteroatoms. The lowest BCUT2D eigenvalue weighted by atomic mass is 10.3. The number of hydrogen-bond donors (Lipinski definition) is 1. The van der Waals surface area contributed by atoms with Gasteiger partial charge in [0.15, 0.2) is 11.5 Å². The summed E-state index contributed by atoms with van der Waals surface area (Å²) >= 11 is 0. The highest BCUT2D eigenvalue weighted by atomic mass is 16.5. The van der Waals surface area contributed by atoms with E-state index < -0.39 is 0 Å². The van der Waals surface area contributed by atoms with E-state index >= 15 is 0 Å². The molecule has 0 unspecified atom stereocenters. The number of methoxy groups -OCH3 is 1. The Morgan fingerprint density at radius 2 is 1.69 bits per heavy atom. The summed E-state index contributed by atoms with van der Waals surface area (Å²) in [5.41, 5.74) is 0. The van der Waals surface area contributed by atoms with E-state index in [1.165, 1.54) is 7.11 Å². The third-order valence-corrected chi connectivity index (χ3v) is 2.14. The molecule has 0 aromatic heterocycles. The first kappa shape index (κ1) is 10.4. The van der Waals surface area contributed by atoms with Crippen molar-refractivity contribution in [1.29, 1.82) is 0 Å². The summed E-state index contributed by atoms with van der Waals surface area (Å²) in [4.78, 5) is 0. The van der Waals surface area contributed by atoms with Crippen LogP contribution in [0.15, 0.2) is 48.5 Å². The van der Waals surface area contributed by atoms with Gasteiger partial charge in [-0.2, -0.15) is 0 Å². The molecular weight excluding hydrogens is 204 g/mol. The summed E-state index contributed by atoms with van der Waals surface area (Å²) in [6, 6.07) is 14.2. The van der Waals surface area contributed by atoms with Crippen LogP contribution in [-0.2, 0) is 0 Å². The summed E-state index contributed by atoms with van der Waals surface area (Å²) in [6.45, 7) is 0. The summed E-state index contributed by atoms with van der Waals surface area (Å²) in [7, 11) is 1.53. The van der Waals surface area contributed by atoms with E-state index in [9.17, 15) is 5.11 Å². The number of benzene rings is 2. The van der Waals surface area contributed by atoms with Crippen molar-refractivity contribution in [2.45, 2.75) is 0 Å². The highest BCUT2D eigenvalue weighted by Crippen LogP contribution is 2.38. The zero-order valence-corrected chi connectivity index (χ0v) is 8.88. The molecule has 2 aromatic rings. The summed E-state index contributed by atoms with van der Waals surface area (Å²) in [6.07, 6.45) is 0. The Kier molecular flexibility index (Phi) is 2.96. The molecule has 0 aliphatic rings. The van der Waals surface area contributed by atoms with Crippen LogP contribution in [0, 0.1) is 0 Å². The van der Waals surface area contributed by atoms with Gasteiger partial charge in [-0.3, -0.25) is 0 Å². The van der Waals surface area contributed by atoms with Gasteiger partial charge in [-0.25, -0.2) is 0 Å². The van der Waals surface area contributed by atoms with Crippen LogP contribution < -0.4 is 9.47 Å². The van der Waals surface area contributed by atoms with Gasteiger partial charge in [0.1, 0.15) is 5.75 Å². The van der Waals surface area contributed by atoms with E-state index in [2.05, 4.69) is 0 Å². The van der Waals surface area contributed by atoms with Gasteiger partial charge in [0, 0.05) is 0 Å². The van der Waals surface area contributed by atoms with Gasteiger partial charge >= 0.3 is 0 Å². The van der Waals surface area contributed by atoms with Crippen LogP contribution in [0.3, 0.4) is 0 Å². The summed E-state index contributed by atoms with van der Waals surface area (Å²) in [5.74, 6) is 1.55. The third kappa shape index (κ3) is 2.08. The molecule has 1 N–H and O–H groups in total. The normalized spacial score (nSPS) is 9.81. The van der Waals surface area contributed by atoms with Crippen LogP contribution in [0.5, 0.6) is 23.0 Å². The van der Waals surface area contributed by atoms with Crippen molar-refractivity contribution >= 4 is 0 Å². The number of para-hydroxylation sites is 2. The largest absolute Gasteiger partial charge is 0.504 e. The Hall–Kier alpha value is -2.16. The van der Waals surface area contributed by atoms with Crippen LogP contribution >= 0.6 is 0 Å². The van der Waals surface area contributed by atoms with E-state index in [0.29, 0.717) is 17.2 Å².